The Morgan fingerprint density at radius 3 is 2.59 bits per heavy atom. The van der Waals surface area contributed by atoms with E-state index in [2.05, 4.69) is 29.3 Å². The SMILES string of the molecule is CCc1c(C)nn(CC(=O)N2CCc3nc(Cc4ccccc4)nn3CC2)c1C. The zero-order chi connectivity index (χ0) is 20.4. The van der Waals surface area contributed by atoms with Crippen molar-refractivity contribution in [2.45, 2.75) is 53.1 Å². The normalized spacial score (nSPS) is 14.0. The van der Waals surface area contributed by atoms with Gasteiger partial charge in [-0.15, -0.1) is 0 Å². The maximum absolute atomic E-state index is 12.9. The summed E-state index contributed by atoms with van der Waals surface area (Å²) in [5, 5.41) is 9.23. The van der Waals surface area contributed by atoms with Gasteiger partial charge in [-0.2, -0.15) is 10.2 Å². The van der Waals surface area contributed by atoms with Crippen LogP contribution in [-0.2, 0) is 37.1 Å². The lowest BCUT2D eigenvalue weighted by atomic mass is 10.1. The molecule has 3 aromatic rings. The number of rotatable bonds is 5. The molecule has 1 aliphatic heterocycles. The summed E-state index contributed by atoms with van der Waals surface area (Å²) in [6, 6.07) is 10.3. The van der Waals surface area contributed by atoms with Gasteiger partial charge in [-0.3, -0.25) is 9.48 Å². The van der Waals surface area contributed by atoms with Crippen LogP contribution in [0.3, 0.4) is 0 Å². The fourth-order valence-corrected chi connectivity index (χ4v) is 4.08. The molecule has 0 saturated heterocycles. The minimum absolute atomic E-state index is 0.105. The van der Waals surface area contributed by atoms with Crippen molar-refractivity contribution >= 4 is 5.91 Å². The molecule has 2 aromatic heterocycles. The Hall–Kier alpha value is -2.96. The molecule has 152 valence electrons. The molecule has 0 radical (unpaired) electrons. The maximum Gasteiger partial charge on any atom is 0.244 e. The van der Waals surface area contributed by atoms with E-state index in [0.29, 0.717) is 26.2 Å². The molecular weight excluding hydrogens is 364 g/mol. The number of aryl methyl sites for hydroxylation is 1. The molecular formula is C22H28N6O. The molecule has 0 saturated carbocycles. The monoisotopic (exact) mass is 392 g/mol. The van der Waals surface area contributed by atoms with Gasteiger partial charge < -0.3 is 4.90 Å². The molecule has 29 heavy (non-hydrogen) atoms. The summed E-state index contributed by atoms with van der Waals surface area (Å²) in [6.07, 6.45) is 2.40. The van der Waals surface area contributed by atoms with E-state index in [0.717, 1.165) is 42.3 Å². The fraction of sp³-hybridized carbons (Fsp3) is 0.455. The number of hydrogen-bond donors (Lipinski definition) is 0. The average molecular weight is 393 g/mol. The molecule has 1 aliphatic rings. The second-order valence-corrected chi connectivity index (χ2v) is 7.62. The highest BCUT2D eigenvalue weighted by Gasteiger charge is 2.22. The maximum atomic E-state index is 12.9. The van der Waals surface area contributed by atoms with Gasteiger partial charge in [-0.25, -0.2) is 9.67 Å². The summed E-state index contributed by atoms with van der Waals surface area (Å²) in [5.41, 5.74) is 4.56. The predicted molar refractivity (Wildman–Crippen MR) is 111 cm³/mol. The smallest absolute Gasteiger partial charge is 0.244 e. The number of benzene rings is 1. The largest absolute Gasteiger partial charge is 0.339 e. The molecule has 7 nitrogen and oxygen atoms in total. The Balaban J connectivity index is 1.40. The molecule has 0 spiro atoms. The van der Waals surface area contributed by atoms with E-state index in [1.807, 2.05) is 46.3 Å². The molecule has 0 N–H and O–H groups in total. The second kappa shape index (κ2) is 8.19. The van der Waals surface area contributed by atoms with Crippen LogP contribution < -0.4 is 0 Å². The molecule has 4 rings (SSSR count). The van der Waals surface area contributed by atoms with Crippen LogP contribution in [0.25, 0.3) is 0 Å². The van der Waals surface area contributed by atoms with Gasteiger partial charge in [-0.1, -0.05) is 37.3 Å². The van der Waals surface area contributed by atoms with Gasteiger partial charge in [0.15, 0.2) is 5.82 Å². The molecule has 1 amide bonds. The summed E-state index contributed by atoms with van der Waals surface area (Å²) >= 11 is 0. The number of nitrogens with zero attached hydrogens (tertiary/aromatic N) is 6. The summed E-state index contributed by atoms with van der Waals surface area (Å²) in [6.45, 7) is 8.47. The van der Waals surface area contributed by atoms with Crippen LogP contribution in [0.15, 0.2) is 30.3 Å². The minimum atomic E-state index is 0.105. The lowest BCUT2D eigenvalue weighted by molar-refractivity contribution is -0.132. The van der Waals surface area contributed by atoms with E-state index in [-0.39, 0.29) is 5.91 Å². The van der Waals surface area contributed by atoms with Crippen LogP contribution in [0.1, 0.15) is 41.1 Å². The third-order valence-electron chi connectivity index (χ3n) is 5.71. The van der Waals surface area contributed by atoms with Gasteiger partial charge in [0.25, 0.3) is 0 Å². The number of aromatic nitrogens is 5. The van der Waals surface area contributed by atoms with Gasteiger partial charge in [0, 0.05) is 31.6 Å². The lowest BCUT2D eigenvalue weighted by Crippen LogP contribution is -2.36. The summed E-state index contributed by atoms with van der Waals surface area (Å²) in [7, 11) is 0. The van der Waals surface area contributed by atoms with Gasteiger partial charge in [-0.05, 0) is 31.4 Å². The summed E-state index contributed by atoms with van der Waals surface area (Å²) in [5.74, 6) is 1.92. The van der Waals surface area contributed by atoms with Crippen LogP contribution in [0.4, 0.5) is 0 Å². The Bertz CT molecular complexity index is 978. The molecule has 0 aliphatic carbocycles. The highest BCUT2D eigenvalue weighted by Crippen LogP contribution is 2.15. The number of fused-ring (bicyclic) bond motifs is 1. The number of hydrogen-bond acceptors (Lipinski definition) is 4. The lowest BCUT2D eigenvalue weighted by Gasteiger charge is -2.20. The van der Waals surface area contributed by atoms with Crippen LogP contribution in [-0.4, -0.2) is 48.4 Å². The molecule has 0 atom stereocenters. The standard InChI is InChI=1S/C22H28N6O/c1-4-19-16(2)24-28(17(19)3)15-22(29)26-11-10-21-23-20(25-27(21)13-12-26)14-18-8-6-5-7-9-18/h5-9H,4,10-15H2,1-3H3. The zero-order valence-corrected chi connectivity index (χ0v) is 17.4. The van der Waals surface area contributed by atoms with Crippen LogP contribution in [0, 0.1) is 13.8 Å². The predicted octanol–water partition coefficient (Wildman–Crippen LogP) is 2.33. The molecule has 0 bridgehead atoms. The summed E-state index contributed by atoms with van der Waals surface area (Å²) in [4.78, 5) is 19.5. The van der Waals surface area contributed by atoms with Crippen LogP contribution >= 0.6 is 0 Å². The quantitative estimate of drug-likeness (QED) is 0.668. The average Bonchev–Trinajstić information content (AvgIpc) is 3.14. The van der Waals surface area contributed by atoms with Crippen LogP contribution in [0.5, 0.6) is 0 Å². The Kier molecular flexibility index (Phi) is 5.47. The van der Waals surface area contributed by atoms with Gasteiger partial charge in [0.05, 0.1) is 12.2 Å². The highest BCUT2D eigenvalue weighted by molar-refractivity contribution is 5.76. The summed E-state index contributed by atoms with van der Waals surface area (Å²) < 4.78 is 3.81. The zero-order valence-electron chi connectivity index (χ0n) is 17.4. The molecule has 0 fully saturated rings. The third-order valence-corrected chi connectivity index (χ3v) is 5.71. The highest BCUT2D eigenvalue weighted by atomic mass is 16.2. The molecule has 3 heterocycles. The van der Waals surface area contributed by atoms with Crippen molar-refractivity contribution < 1.29 is 4.79 Å². The number of carbonyl (C=O) groups is 1. The van der Waals surface area contributed by atoms with Crippen molar-refractivity contribution in [3.05, 3.63) is 64.5 Å². The topological polar surface area (TPSA) is 68.8 Å². The van der Waals surface area contributed by atoms with Crippen molar-refractivity contribution in [2.75, 3.05) is 13.1 Å². The van der Waals surface area contributed by atoms with E-state index < -0.39 is 0 Å². The van der Waals surface area contributed by atoms with E-state index in [1.54, 1.807) is 0 Å². The van der Waals surface area contributed by atoms with Crippen molar-refractivity contribution in [1.82, 2.24) is 29.4 Å². The van der Waals surface area contributed by atoms with Crippen molar-refractivity contribution in [1.29, 1.82) is 0 Å². The number of carbonyl (C=O) groups excluding carboxylic acids is 1. The first-order valence-electron chi connectivity index (χ1n) is 10.3. The van der Waals surface area contributed by atoms with Gasteiger partial charge >= 0.3 is 0 Å². The first kappa shape index (κ1) is 19.4. The Morgan fingerprint density at radius 2 is 1.86 bits per heavy atom. The van der Waals surface area contributed by atoms with Crippen molar-refractivity contribution in [3.63, 3.8) is 0 Å². The van der Waals surface area contributed by atoms with Crippen molar-refractivity contribution in [3.8, 4) is 0 Å². The first-order valence-corrected chi connectivity index (χ1v) is 10.3. The Labute approximate surface area is 171 Å². The second-order valence-electron chi connectivity index (χ2n) is 7.62. The molecule has 7 heteroatoms. The van der Waals surface area contributed by atoms with Gasteiger partial charge in [0.2, 0.25) is 5.91 Å². The van der Waals surface area contributed by atoms with Gasteiger partial charge in [0.1, 0.15) is 12.4 Å². The van der Waals surface area contributed by atoms with E-state index in [9.17, 15) is 4.79 Å². The minimum Gasteiger partial charge on any atom is -0.339 e. The van der Waals surface area contributed by atoms with Crippen LogP contribution in [0.2, 0.25) is 0 Å². The third kappa shape index (κ3) is 4.09. The molecule has 0 unspecified atom stereocenters. The van der Waals surface area contributed by atoms with E-state index in [4.69, 9.17) is 4.98 Å². The first-order chi connectivity index (χ1) is 14.0. The fourth-order valence-electron chi connectivity index (χ4n) is 4.08. The Morgan fingerprint density at radius 1 is 1.07 bits per heavy atom. The number of amides is 1. The van der Waals surface area contributed by atoms with Crippen molar-refractivity contribution in [2.24, 2.45) is 0 Å². The van der Waals surface area contributed by atoms with E-state index in [1.165, 1.54) is 11.1 Å². The molecule has 1 aromatic carbocycles. The van der Waals surface area contributed by atoms with E-state index >= 15 is 0 Å².